The number of aromatic nitrogens is 6. The molecule has 1 aliphatic rings. The quantitative estimate of drug-likeness (QED) is 0.498. The lowest BCUT2D eigenvalue weighted by Gasteiger charge is -2.31. The van der Waals surface area contributed by atoms with Gasteiger partial charge in [-0.3, -0.25) is 9.59 Å². The van der Waals surface area contributed by atoms with E-state index >= 15 is 0 Å². The molecule has 0 bridgehead atoms. The summed E-state index contributed by atoms with van der Waals surface area (Å²) >= 11 is 0. The van der Waals surface area contributed by atoms with Crippen LogP contribution in [0.2, 0.25) is 0 Å². The molecule has 1 atom stereocenters. The molecule has 3 aromatic heterocycles. The molecule has 2 N–H and O–H groups in total. The fourth-order valence-electron chi connectivity index (χ4n) is 4.74. The Hall–Kier alpha value is -3.53. The molecule has 0 amide bonds. The van der Waals surface area contributed by atoms with E-state index in [1.807, 2.05) is 42.7 Å². The average molecular weight is 449 g/mol. The third kappa shape index (κ3) is 3.50. The van der Waals surface area contributed by atoms with Crippen LogP contribution >= 0.6 is 0 Å². The van der Waals surface area contributed by atoms with Crippen LogP contribution in [0.25, 0.3) is 21.9 Å². The number of nitrogens with zero attached hydrogens (tertiary/aromatic N) is 7. The van der Waals surface area contributed by atoms with Gasteiger partial charge < -0.3 is 15.2 Å². The van der Waals surface area contributed by atoms with E-state index < -0.39 is 0 Å². The van der Waals surface area contributed by atoms with Gasteiger partial charge in [0, 0.05) is 43.8 Å². The summed E-state index contributed by atoms with van der Waals surface area (Å²) < 4.78 is 4.55. The summed E-state index contributed by atoms with van der Waals surface area (Å²) in [7, 11) is 1.58. The second kappa shape index (κ2) is 8.11. The summed E-state index contributed by atoms with van der Waals surface area (Å²) in [5.74, 6) is 1.11. The minimum absolute atomic E-state index is 0.0525. The Morgan fingerprint density at radius 1 is 1.12 bits per heavy atom. The van der Waals surface area contributed by atoms with Gasteiger partial charge in [0.2, 0.25) is 5.95 Å². The Morgan fingerprint density at radius 2 is 1.91 bits per heavy atom. The second-order valence-electron chi connectivity index (χ2n) is 8.64. The van der Waals surface area contributed by atoms with Crippen molar-refractivity contribution in [1.82, 2.24) is 28.9 Å². The molecule has 0 radical (unpaired) electrons. The molecule has 1 fully saturated rings. The molecule has 1 saturated heterocycles. The van der Waals surface area contributed by atoms with E-state index in [2.05, 4.69) is 19.9 Å². The number of piperidine rings is 1. The minimum atomic E-state index is -0.322. The summed E-state index contributed by atoms with van der Waals surface area (Å²) in [6, 6.07) is 7.80. The van der Waals surface area contributed by atoms with Crippen LogP contribution in [0.4, 0.5) is 5.95 Å². The molecule has 10 nitrogen and oxygen atoms in total. The van der Waals surface area contributed by atoms with Crippen molar-refractivity contribution >= 4 is 27.9 Å². The molecule has 4 heterocycles. The van der Waals surface area contributed by atoms with Gasteiger partial charge in [-0.2, -0.15) is 0 Å². The van der Waals surface area contributed by atoms with E-state index in [0.717, 1.165) is 36.0 Å². The van der Waals surface area contributed by atoms with E-state index in [4.69, 9.17) is 5.73 Å². The Morgan fingerprint density at radius 3 is 2.67 bits per heavy atom. The number of benzene rings is 1. The molecule has 0 saturated carbocycles. The lowest BCUT2D eigenvalue weighted by atomic mass is 10.1. The van der Waals surface area contributed by atoms with Crippen molar-refractivity contribution in [3.8, 4) is 0 Å². The highest BCUT2D eigenvalue weighted by Gasteiger charge is 2.26. The van der Waals surface area contributed by atoms with Crippen molar-refractivity contribution in [3.05, 3.63) is 56.5 Å². The largest absolute Gasteiger partial charge is 0.341 e. The predicted octanol–water partition coefficient (Wildman–Crippen LogP) is 1.14. The topological polar surface area (TPSA) is 117 Å². The minimum Gasteiger partial charge on any atom is -0.341 e. The van der Waals surface area contributed by atoms with Crippen LogP contribution in [0.3, 0.4) is 0 Å². The molecule has 0 aliphatic carbocycles. The van der Waals surface area contributed by atoms with Gasteiger partial charge in [0.25, 0.3) is 11.1 Å². The van der Waals surface area contributed by atoms with E-state index in [1.54, 1.807) is 7.05 Å². The van der Waals surface area contributed by atoms with Crippen LogP contribution in [-0.4, -0.2) is 48.0 Å². The zero-order chi connectivity index (χ0) is 23.3. The fourth-order valence-corrected chi connectivity index (χ4v) is 4.74. The van der Waals surface area contributed by atoms with Crippen molar-refractivity contribution < 1.29 is 0 Å². The first-order valence-corrected chi connectivity index (χ1v) is 11.3. The van der Waals surface area contributed by atoms with E-state index in [9.17, 15) is 9.59 Å². The maximum Gasteiger partial charge on any atom is 0.293 e. The van der Waals surface area contributed by atoms with Gasteiger partial charge in [0.05, 0.1) is 5.52 Å². The number of hydrogen-bond acceptors (Lipinski definition) is 7. The Kier molecular flexibility index (Phi) is 5.24. The summed E-state index contributed by atoms with van der Waals surface area (Å²) in [4.78, 5) is 42.8. The molecule has 0 unspecified atom stereocenters. The molecular formula is C23H28N8O2. The van der Waals surface area contributed by atoms with E-state index in [1.165, 1.54) is 9.36 Å². The highest BCUT2D eigenvalue weighted by Crippen LogP contribution is 2.22. The maximum atomic E-state index is 13.6. The van der Waals surface area contributed by atoms with Crippen LogP contribution in [0.15, 0.2) is 33.9 Å². The maximum absolute atomic E-state index is 13.6. The highest BCUT2D eigenvalue weighted by atomic mass is 16.2. The SMILES string of the molecule is CCn1c(N2CCC[C@@H](N)C2)nc2c(=O)n(C)n(Cc3nc(C)c4ccccc4n3)c(=O)c21. The van der Waals surface area contributed by atoms with Gasteiger partial charge >= 0.3 is 0 Å². The first kappa shape index (κ1) is 21.3. The van der Waals surface area contributed by atoms with Crippen molar-refractivity contribution in [1.29, 1.82) is 0 Å². The third-order valence-electron chi connectivity index (χ3n) is 6.43. The standard InChI is InChI=1S/C23H28N8O2/c1-4-30-20-19(27-23(30)29-11-7-8-15(24)12-29)21(32)28(3)31(22(20)33)13-18-25-14(2)16-9-5-6-10-17(16)26-18/h5-6,9-10,15H,4,7-8,11-13,24H2,1-3H3/t15-/m1/s1. The lowest BCUT2D eigenvalue weighted by molar-refractivity contribution is 0.489. The normalized spacial score (nSPS) is 16.7. The second-order valence-corrected chi connectivity index (χ2v) is 8.64. The van der Waals surface area contributed by atoms with Crippen LogP contribution < -0.4 is 21.8 Å². The van der Waals surface area contributed by atoms with Gasteiger partial charge in [-0.05, 0) is 32.8 Å². The highest BCUT2D eigenvalue weighted by molar-refractivity contribution is 5.80. The van der Waals surface area contributed by atoms with Crippen molar-refractivity contribution in [2.45, 2.75) is 45.8 Å². The van der Waals surface area contributed by atoms with Gasteiger partial charge in [0.15, 0.2) is 11.3 Å². The number of imidazole rings is 1. The number of anilines is 1. The Labute approximate surface area is 190 Å². The number of rotatable bonds is 4. The fraction of sp³-hybridized carbons (Fsp3) is 0.435. The average Bonchev–Trinajstić information content (AvgIpc) is 3.20. The zero-order valence-corrected chi connectivity index (χ0v) is 19.2. The van der Waals surface area contributed by atoms with Crippen LogP contribution in [0.5, 0.6) is 0 Å². The number of fused-ring (bicyclic) bond motifs is 2. The van der Waals surface area contributed by atoms with Gasteiger partial charge in [-0.25, -0.2) is 24.3 Å². The Balaban J connectivity index is 1.66. The number of para-hydroxylation sites is 1. The number of nitrogens with two attached hydrogens (primary N) is 1. The van der Waals surface area contributed by atoms with E-state index in [0.29, 0.717) is 30.4 Å². The van der Waals surface area contributed by atoms with Crippen LogP contribution in [0, 0.1) is 6.92 Å². The van der Waals surface area contributed by atoms with Crippen molar-refractivity contribution in [2.75, 3.05) is 18.0 Å². The van der Waals surface area contributed by atoms with Crippen LogP contribution in [-0.2, 0) is 20.1 Å². The van der Waals surface area contributed by atoms with Gasteiger partial charge in [0.1, 0.15) is 12.1 Å². The molecule has 0 spiro atoms. The number of aryl methyl sites for hydroxylation is 2. The summed E-state index contributed by atoms with van der Waals surface area (Å²) in [6.45, 7) is 5.93. The first-order chi connectivity index (χ1) is 15.9. The molecule has 33 heavy (non-hydrogen) atoms. The zero-order valence-electron chi connectivity index (χ0n) is 19.2. The number of hydrogen-bond donors (Lipinski definition) is 1. The predicted molar refractivity (Wildman–Crippen MR) is 128 cm³/mol. The molecular weight excluding hydrogens is 420 g/mol. The smallest absolute Gasteiger partial charge is 0.293 e. The molecule has 172 valence electrons. The van der Waals surface area contributed by atoms with Crippen molar-refractivity contribution in [3.63, 3.8) is 0 Å². The third-order valence-corrected chi connectivity index (χ3v) is 6.43. The van der Waals surface area contributed by atoms with E-state index in [-0.39, 0.29) is 29.2 Å². The summed E-state index contributed by atoms with van der Waals surface area (Å²) in [5.41, 5.74) is 7.69. The molecule has 10 heteroatoms. The Bertz CT molecular complexity index is 1480. The van der Waals surface area contributed by atoms with Gasteiger partial charge in [-0.15, -0.1) is 0 Å². The first-order valence-electron chi connectivity index (χ1n) is 11.3. The van der Waals surface area contributed by atoms with Gasteiger partial charge in [-0.1, -0.05) is 18.2 Å². The summed E-state index contributed by atoms with van der Waals surface area (Å²) in [5, 5.41) is 0.964. The molecule has 4 aromatic rings. The molecule has 5 rings (SSSR count). The monoisotopic (exact) mass is 448 g/mol. The summed E-state index contributed by atoms with van der Waals surface area (Å²) in [6.07, 6.45) is 1.91. The molecule has 1 aliphatic heterocycles. The van der Waals surface area contributed by atoms with Crippen LogP contribution in [0.1, 0.15) is 31.3 Å². The molecule has 1 aromatic carbocycles. The van der Waals surface area contributed by atoms with Crippen molar-refractivity contribution in [2.24, 2.45) is 12.8 Å². The lowest BCUT2D eigenvalue weighted by Crippen LogP contribution is -2.44.